The average Bonchev–Trinajstić information content (AvgIpc) is 3.14. The zero-order valence-corrected chi connectivity index (χ0v) is 12.6. The third kappa shape index (κ3) is 2.22. The van der Waals surface area contributed by atoms with Crippen molar-refractivity contribution in [2.75, 3.05) is 11.1 Å². The number of anilines is 1. The molecule has 0 saturated heterocycles. The first-order valence-electron chi connectivity index (χ1n) is 6.60. The number of thiophene rings is 1. The van der Waals surface area contributed by atoms with Crippen molar-refractivity contribution in [2.24, 2.45) is 0 Å². The van der Waals surface area contributed by atoms with E-state index >= 15 is 0 Å². The van der Waals surface area contributed by atoms with Crippen molar-refractivity contribution in [2.45, 2.75) is 11.7 Å². The van der Waals surface area contributed by atoms with Gasteiger partial charge < -0.3 is 5.32 Å². The number of rotatable bonds is 2. The number of nitrogens with one attached hydrogen (secondary N) is 2. The number of thioether (sulfide) groups is 1. The second kappa shape index (κ2) is 5.16. The van der Waals surface area contributed by atoms with Gasteiger partial charge in [0.25, 0.3) is 0 Å². The van der Waals surface area contributed by atoms with E-state index in [1.807, 2.05) is 6.07 Å². The summed E-state index contributed by atoms with van der Waals surface area (Å²) in [5.74, 6) is 1.51. The molecule has 0 bridgehead atoms. The van der Waals surface area contributed by atoms with Crippen molar-refractivity contribution in [3.05, 3.63) is 40.3 Å². The van der Waals surface area contributed by atoms with E-state index in [0.29, 0.717) is 5.82 Å². The standard InChI is InChI=1S/C14H12N4OS2/c19-14(12-8-2-5-20-11(8)3-6-21-12)16-13-9-7-15-4-1-10(9)17-18-13/h1-2,4-5,7,12H,3,6H2,(H2,16,17,18,19). The number of carbonyl (C=O) groups excluding carboxylic acids is 1. The highest BCUT2D eigenvalue weighted by atomic mass is 32.2. The second-order valence-electron chi connectivity index (χ2n) is 4.78. The largest absolute Gasteiger partial charge is 0.307 e. The Balaban J connectivity index is 1.62. The number of aryl methyl sites for hydroxylation is 1. The molecule has 1 aliphatic heterocycles. The highest BCUT2D eigenvalue weighted by Crippen LogP contribution is 2.40. The van der Waals surface area contributed by atoms with Gasteiger partial charge in [0.2, 0.25) is 5.91 Å². The number of fused-ring (bicyclic) bond motifs is 2. The SMILES string of the molecule is O=C(Nc1n[nH]c2ccncc12)C1SCCc2sccc21. The molecule has 0 aromatic carbocycles. The Morgan fingerprint density at radius 2 is 2.38 bits per heavy atom. The molecule has 1 amide bonds. The smallest absolute Gasteiger partial charge is 0.243 e. The Morgan fingerprint density at radius 1 is 1.43 bits per heavy atom. The summed E-state index contributed by atoms with van der Waals surface area (Å²) in [6.07, 6.45) is 4.45. The number of aromatic nitrogens is 3. The first-order valence-corrected chi connectivity index (χ1v) is 8.52. The van der Waals surface area contributed by atoms with E-state index in [1.54, 1.807) is 35.5 Å². The van der Waals surface area contributed by atoms with E-state index < -0.39 is 0 Å². The minimum Gasteiger partial charge on any atom is -0.307 e. The molecule has 5 nitrogen and oxygen atoms in total. The van der Waals surface area contributed by atoms with Crippen LogP contribution in [0.25, 0.3) is 10.9 Å². The predicted molar refractivity (Wildman–Crippen MR) is 85.7 cm³/mol. The van der Waals surface area contributed by atoms with Crippen LogP contribution in [0.15, 0.2) is 29.9 Å². The van der Waals surface area contributed by atoms with Crippen molar-refractivity contribution in [3.63, 3.8) is 0 Å². The molecule has 0 aliphatic carbocycles. The zero-order chi connectivity index (χ0) is 14.2. The van der Waals surface area contributed by atoms with Crippen LogP contribution in [0.4, 0.5) is 5.82 Å². The summed E-state index contributed by atoms with van der Waals surface area (Å²) in [6, 6.07) is 3.89. The number of amides is 1. The summed E-state index contributed by atoms with van der Waals surface area (Å²) < 4.78 is 0. The van der Waals surface area contributed by atoms with Gasteiger partial charge in [0.15, 0.2) is 5.82 Å². The lowest BCUT2D eigenvalue weighted by molar-refractivity contribution is -0.115. The Morgan fingerprint density at radius 3 is 3.33 bits per heavy atom. The molecule has 0 saturated carbocycles. The topological polar surface area (TPSA) is 70.7 Å². The van der Waals surface area contributed by atoms with E-state index in [0.717, 1.165) is 28.6 Å². The van der Waals surface area contributed by atoms with Gasteiger partial charge in [0.1, 0.15) is 5.25 Å². The quantitative estimate of drug-likeness (QED) is 0.762. The van der Waals surface area contributed by atoms with Crippen LogP contribution < -0.4 is 5.32 Å². The van der Waals surface area contributed by atoms with E-state index in [1.165, 1.54) is 4.88 Å². The van der Waals surface area contributed by atoms with E-state index in [2.05, 4.69) is 31.9 Å². The minimum atomic E-state index is -0.150. The maximum absolute atomic E-state index is 12.6. The number of nitrogens with zero attached hydrogens (tertiary/aromatic N) is 2. The number of aromatic amines is 1. The molecule has 3 aromatic rings. The first kappa shape index (κ1) is 12.8. The monoisotopic (exact) mass is 316 g/mol. The van der Waals surface area contributed by atoms with Crippen molar-refractivity contribution in [3.8, 4) is 0 Å². The fraction of sp³-hybridized carbons (Fsp3) is 0.214. The van der Waals surface area contributed by atoms with Crippen LogP contribution in [0.5, 0.6) is 0 Å². The van der Waals surface area contributed by atoms with Crippen LogP contribution in [0.3, 0.4) is 0 Å². The van der Waals surface area contributed by atoms with Gasteiger partial charge in [-0.2, -0.15) is 5.10 Å². The summed E-state index contributed by atoms with van der Waals surface area (Å²) in [4.78, 5) is 18.0. The maximum atomic E-state index is 12.6. The van der Waals surface area contributed by atoms with Gasteiger partial charge in [-0.3, -0.25) is 14.9 Å². The van der Waals surface area contributed by atoms with Gasteiger partial charge in [-0.1, -0.05) is 0 Å². The van der Waals surface area contributed by atoms with Gasteiger partial charge in [-0.15, -0.1) is 23.1 Å². The highest BCUT2D eigenvalue weighted by Gasteiger charge is 2.28. The summed E-state index contributed by atoms with van der Waals surface area (Å²) in [6.45, 7) is 0. The normalized spacial score (nSPS) is 17.6. The fourth-order valence-electron chi connectivity index (χ4n) is 2.50. The summed E-state index contributed by atoms with van der Waals surface area (Å²) >= 11 is 3.42. The van der Waals surface area contributed by atoms with Gasteiger partial charge in [-0.05, 0) is 35.2 Å². The second-order valence-corrected chi connectivity index (χ2v) is 7.00. The number of hydrogen-bond acceptors (Lipinski definition) is 5. The van der Waals surface area contributed by atoms with Gasteiger partial charge >= 0.3 is 0 Å². The van der Waals surface area contributed by atoms with Crippen molar-refractivity contribution >= 4 is 45.7 Å². The molecule has 4 rings (SSSR count). The van der Waals surface area contributed by atoms with E-state index in [4.69, 9.17) is 0 Å². The molecule has 7 heteroatoms. The van der Waals surface area contributed by atoms with Crippen molar-refractivity contribution in [1.29, 1.82) is 0 Å². The summed E-state index contributed by atoms with van der Waals surface area (Å²) in [5, 5.41) is 12.7. The van der Waals surface area contributed by atoms with Crippen LogP contribution in [0.1, 0.15) is 15.7 Å². The molecule has 2 N–H and O–H groups in total. The molecular formula is C14H12N4OS2. The van der Waals surface area contributed by atoms with E-state index in [-0.39, 0.29) is 11.2 Å². The highest BCUT2D eigenvalue weighted by molar-refractivity contribution is 8.00. The van der Waals surface area contributed by atoms with Crippen LogP contribution in [-0.2, 0) is 11.2 Å². The van der Waals surface area contributed by atoms with Crippen LogP contribution in [0.2, 0.25) is 0 Å². The van der Waals surface area contributed by atoms with Gasteiger partial charge in [-0.25, -0.2) is 0 Å². The lowest BCUT2D eigenvalue weighted by Crippen LogP contribution is -2.22. The van der Waals surface area contributed by atoms with Crippen LogP contribution >= 0.6 is 23.1 Å². The molecule has 0 radical (unpaired) electrons. The fourth-order valence-corrected chi connectivity index (χ4v) is 4.79. The summed E-state index contributed by atoms with van der Waals surface area (Å²) in [5.41, 5.74) is 2.01. The molecule has 0 spiro atoms. The lowest BCUT2D eigenvalue weighted by atomic mass is 10.1. The third-order valence-corrected chi connectivity index (χ3v) is 5.76. The molecule has 1 unspecified atom stereocenters. The number of carbonyl (C=O) groups is 1. The molecular weight excluding hydrogens is 304 g/mol. The van der Waals surface area contributed by atoms with Crippen molar-refractivity contribution < 1.29 is 4.79 Å². The molecule has 1 atom stereocenters. The predicted octanol–water partition coefficient (Wildman–Crippen LogP) is 2.99. The minimum absolute atomic E-state index is 0.0170. The first-order chi connectivity index (χ1) is 10.3. The van der Waals surface area contributed by atoms with Gasteiger partial charge in [0, 0.05) is 17.3 Å². The maximum Gasteiger partial charge on any atom is 0.243 e. The Hall–Kier alpha value is -1.86. The molecule has 4 heterocycles. The Labute approximate surface area is 129 Å². The number of hydrogen-bond donors (Lipinski definition) is 2. The molecule has 3 aromatic heterocycles. The molecule has 106 valence electrons. The average molecular weight is 316 g/mol. The molecule has 0 fully saturated rings. The Bertz CT molecular complexity index is 810. The lowest BCUT2D eigenvalue weighted by Gasteiger charge is -2.20. The van der Waals surface area contributed by atoms with E-state index in [9.17, 15) is 4.79 Å². The number of H-pyrrole nitrogens is 1. The Kier molecular flexibility index (Phi) is 3.16. The molecule has 1 aliphatic rings. The van der Waals surface area contributed by atoms with Gasteiger partial charge in [0.05, 0.1) is 10.9 Å². The zero-order valence-electron chi connectivity index (χ0n) is 11.0. The molecule has 21 heavy (non-hydrogen) atoms. The van der Waals surface area contributed by atoms with Crippen molar-refractivity contribution in [1.82, 2.24) is 15.2 Å². The van der Waals surface area contributed by atoms with Crippen LogP contribution in [-0.4, -0.2) is 26.8 Å². The van der Waals surface area contributed by atoms with Crippen LogP contribution in [0, 0.1) is 0 Å². The number of pyridine rings is 1. The summed E-state index contributed by atoms with van der Waals surface area (Å²) in [7, 11) is 0. The third-order valence-electron chi connectivity index (χ3n) is 3.52.